The van der Waals surface area contributed by atoms with Crippen molar-refractivity contribution >= 4 is 31.2 Å². The average molecular weight is 474 g/mol. The van der Waals surface area contributed by atoms with Gasteiger partial charge in [0.2, 0.25) is 0 Å². The van der Waals surface area contributed by atoms with E-state index in [4.69, 9.17) is 14.0 Å². The second kappa shape index (κ2) is 8.65. The Morgan fingerprint density at radius 2 is 1.77 bits per heavy atom. The van der Waals surface area contributed by atoms with Gasteiger partial charge in [0, 0.05) is 18.9 Å². The molecule has 1 saturated heterocycles. The van der Waals surface area contributed by atoms with Crippen molar-refractivity contribution in [1.29, 1.82) is 0 Å². The SMILES string of the molecule is COC(=O)c1ccc2nnc(Cc3cccc(C4N=CC(B5OC(C)(C)C(C)(C)O5)C=N4)c3)n2n1. The van der Waals surface area contributed by atoms with E-state index in [0.29, 0.717) is 17.9 Å². The summed E-state index contributed by atoms with van der Waals surface area (Å²) in [6, 6.07) is 11.3. The smallest absolute Gasteiger partial charge is 0.464 e. The zero-order valence-corrected chi connectivity index (χ0v) is 20.4. The molecule has 10 nitrogen and oxygen atoms in total. The number of carbonyl (C=O) groups excluding carboxylic acids is 1. The summed E-state index contributed by atoms with van der Waals surface area (Å²) in [6.45, 7) is 8.12. The minimum atomic E-state index is -0.514. The molecule has 0 N–H and O–H groups in total. The van der Waals surface area contributed by atoms with E-state index >= 15 is 0 Å². The number of aliphatic imine (C=N–C) groups is 2. The lowest BCUT2D eigenvalue weighted by Crippen LogP contribution is -2.41. The highest BCUT2D eigenvalue weighted by molar-refractivity contribution is 6.56. The summed E-state index contributed by atoms with van der Waals surface area (Å²) in [6.07, 6.45) is 3.85. The molecule has 4 heterocycles. The Morgan fingerprint density at radius 3 is 2.46 bits per heavy atom. The summed E-state index contributed by atoms with van der Waals surface area (Å²) in [5.74, 6) is -0.0484. The monoisotopic (exact) mass is 474 g/mol. The second-order valence-corrected chi connectivity index (χ2v) is 9.69. The van der Waals surface area contributed by atoms with Crippen LogP contribution in [0.15, 0.2) is 46.4 Å². The Labute approximate surface area is 203 Å². The standard InChI is InChI=1S/C24H27BN6O4/c1-23(2)24(3,4)35-25(34-23)17-13-26-21(27-14-17)16-8-6-7-15(11-16)12-20-29-28-19-10-9-18(22(32)33-5)30-31(19)20/h6-11,13-14,17,21H,12H2,1-5H3. The van der Waals surface area contributed by atoms with Gasteiger partial charge < -0.3 is 14.0 Å². The number of hydrogen-bond acceptors (Lipinski definition) is 9. The van der Waals surface area contributed by atoms with Crippen molar-refractivity contribution in [3.05, 3.63) is 59.0 Å². The molecule has 5 rings (SSSR count). The van der Waals surface area contributed by atoms with Gasteiger partial charge in [-0.05, 0) is 51.0 Å². The molecule has 0 bridgehead atoms. The number of methoxy groups -OCH3 is 1. The van der Waals surface area contributed by atoms with E-state index in [1.807, 2.05) is 64.4 Å². The number of fused-ring (bicyclic) bond motifs is 1. The first kappa shape index (κ1) is 23.3. The van der Waals surface area contributed by atoms with Crippen LogP contribution in [0.5, 0.6) is 0 Å². The molecule has 1 aromatic carbocycles. The largest absolute Gasteiger partial charge is 0.472 e. The lowest BCUT2D eigenvalue weighted by molar-refractivity contribution is 0.00578. The molecule has 0 atom stereocenters. The Bertz CT molecular complexity index is 1300. The Balaban J connectivity index is 1.31. The third-order valence-electron chi connectivity index (χ3n) is 6.72. The third-order valence-corrected chi connectivity index (χ3v) is 6.72. The van der Waals surface area contributed by atoms with Gasteiger partial charge >= 0.3 is 13.1 Å². The zero-order valence-electron chi connectivity index (χ0n) is 20.4. The number of ether oxygens (including phenoxy) is 1. The molecule has 35 heavy (non-hydrogen) atoms. The van der Waals surface area contributed by atoms with Crippen molar-refractivity contribution in [2.45, 2.75) is 57.3 Å². The molecule has 2 aliphatic heterocycles. The predicted molar refractivity (Wildman–Crippen MR) is 131 cm³/mol. The molecule has 3 aromatic rings. The number of nitrogens with zero attached hydrogens (tertiary/aromatic N) is 6. The molecule has 180 valence electrons. The maximum absolute atomic E-state index is 11.9. The molecule has 11 heteroatoms. The molecule has 2 aromatic heterocycles. The lowest BCUT2D eigenvalue weighted by Gasteiger charge is -2.32. The fraction of sp³-hybridized carbons (Fsp3) is 0.417. The Hall–Kier alpha value is -3.44. The summed E-state index contributed by atoms with van der Waals surface area (Å²) in [4.78, 5) is 21.2. The van der Waals surface area contributed by atoms with E-state index in [1.165, 1.54) is 7.11 Å². The molecule has 0 amide bonds. The van der Waals surface area contributed by atoms with Gasteiger partial charge in [-0.25, -0.2) is 4.79 Å². The van der Waals surface area contributed by atoms with Crippen LogP contribution in [-0.4, -0.2) is 63.6 Å². The van der Waals surface area contributed by atoms with Crippen molar-refractivity contribution in [1.82, 2.24) is 19.8 Å². The fourth-order valence-electron chi connectivity index (χ4n) is 4.00. The number of esters is 1. The topological polar surface area (TPSA) is 113 Å². The van der Waals surface area contributed by atoms with Gasteiger partial charge in [-0.2, -0.15) is 9.61 Å². The van der Waals surface area contributed by atoms with E-state index in [9.17, 15) is 4.79 Å². The normalized spacial score (nSPS) is 22.6. The van der Waals surface area contributed by atoms with Crippen molar-refractivity contribution in [3.8, 4) is 0 Å². The molecule has 1 fully saturated rings. The van der Waals surface area contributed by atoms with E-state index in [1.54, 1.807) is 16.6 Å². The first-order valence-corrected chi connectivity index (χ1v) is 11.5. The molecule has 0 spiro atoms. The molecule has 0 unspecified atom stereocenters. The number of benzene rings is 1. The minimum absolute atomic E-state index is 0.145. The molecular formula is C24H27BN6O4. The quantitative estimate of drug-likeness (QED) is 0.413. The first-order valence-electron chi connectivity index (χ1n) is 11.5. The molecule has 0 radical (unpaired) electrons. The average Bonchev–Trinajstić information content (AvgIpc) is 3.34. The van der Waals surface area contributed by atoms with E-state index in [-0.39, 0.29) is 17.7 Å². The summed E-state index contributed by atoms with van der Waals surface area (Å²) < 4.78 is 18.6. The van der Waals surface area contributed by atoms with Crippen molar-refractivity contribution in [3.63, 3.8) is 0 Å². The van der Waals surface area contributed by atoms with Gasteiger partial charge in [-0.15, -0.1) is 10.2 Å². The van der Waals surface area contributed by atoms with Crippen LogP contribution in [0.4, 0.5) is 0 Å². The minimum Gasteiger partial charge on any atom is -0.464 e. The van der Waals surface area contributed by atoms with Crippen LogP contribution in [0, 0.1) is 0 Å². The van der Waals surface area contributed by atoms with Gasteiger partial charge in [0.05, 0.1) is 24.1 Å². The number of aromatic nitrogens is 4. The van der Waals surface area contributed by atoms with Gasteiger partial charge in [0.1, 0.15) is 0 Å². The molecule has 0 aliphatic carbocycles. The van der Waals surface area contributed by atoms with Gasteiger partial charge in [0.25, 0.3) is 0 Å². The maximum atomic E-state index is 11.9. The van der Waals surface area contributed by atoms with Crippen molar-refractivity contribution < 1.29 is 18.8 Å². The Morgan fingerprint density at radius 1 is 1.06 bits per heavy atom. The van der Waals surface area contributed by atoms with Crippen LogP contribution in [0.2, 0.25) is 5.82 Å². The predicted octanol–water partition coefficient (Wildman–Crippen LogP) is 3.12. The molecule has 2 aliphatic rings. The maximum Gasteiger partial charge on any atom is 0.472 e. The van der Waals surface area contributed by atoms with E-state index in [0.717, 1.165) is 11.1 Å². The van der Waals surface area contributed by atoms with Gasteiger partial charge in [-0.1, -0.05) is 24.3 Å². The number of hydrogen-bond donors (Lipinski definition) is 0. The van der Waals surface area contributed by atoms with Crippen LogP contribution >= 0.6 is 0 Å². The van der Waals surface area contributed by atoms with Gasteiger partial charge in [0.15, 0.2) is 23.3 Å². The summed E-state index contributed by atoms with van der Waals surface area (Å²) in [7, 11) is 0.906. The number of carbonyl (C=O) groups is 1. The van der Waals surface area contributed by atoms with Crippen LogP contribution in [0.1, 0.15) is 61.3 Å². The van der Waals surface area contributed by atoms with E-state index in [2.05, 4.69) is 25.3 Å². The number of rotatable bonds is 5. The third kappa shape index (κ3) is 4.37. The van der Waals surface area contributed by atoms with E-state index < -0.39 is 24.3 Å². The molecule has 0 saturated carbocycles. The van der Waals surface area contributed by atoms with Crippen LogP contribution in [0.25, 0.3) is 5.65 Å². The highest BCUT2D eigenvalue weighted by Gasteiger charge is 2.53. The molecular weight excluding hydrogens is 447 g/mol. The van der Waals surface area contributed by atoms with Crippen molar-refractivity contribution in [2.24, 2.45) is 9.98 Å². The Kier molecular flexibility index (Phi) is 5.76. The second-order valence-electron chi connectivity index (χ2n) is 9.69. The fourth-order valence-corrected chi connectivity index (χ4v) is 4.00. The zero-order chi connectivity index (χ0) is 24.8. The first-order chi connectivity index (χ1) is 16.7. The van der Waals surface area contributed by atoms with Gasteiger partial charge in [-0.3, -0.25) is 9.98 Å². The van der Waals surface area contributed by atoms with Crippen LogP contribution in [0.3, 0.4) is 0 Å². The highest BCUT2D eigenvalue weighted by atomic mass is 16.7. The summed E-state index contributed by atoms with van der Waals surface area (Å²) in [5.41, 5.74) is 1.90. The highest BCUT2D eigenvalue weighted by Crippen LogP contribution is 2.40. The van der Waals surface area contributed by atoms with Crippen LogP contribution in [-0.2, 0) is 20.5 Å². The van der Waals surface area contributed by atoms with Crippen LogP contribution < -0.4 is 0 Å². The summed E-state index contributed by atoms with van der Waals surface area (Å²) in [5, 5.41) is 12.7. The summed E-state index contributed by atoms with van der Waals surface area (Å²) >= 11 is 0. The lowest BCUT2D eigenvalue weighted by atomic mass is 9.73. The van der Waals surface area contributed by atoms with Crippen molar-refractivity contribution in [2.75, 3.05) is 7.11 Å².